The van der Waals surface area contributed by atoms with E-state index in [2.05, 4.69) is 29.3 Å². The first-order valence-corrected chi connectivity index (χ1v) is 9.05. The van der Waals surface area contributed by atoms with E-state index in [4.69, 9.17) is 0 Å². The van der Waals surface area contributed by atoms with Crippen molar-refractivity contribution >= 4 is 36.0 Å². The maximum atomic E-state index is 12.7. The summed E-state index contributed by atoms with van der Waals surface area (Å²) in [4.78, 5) is 18.4. The number of aromatic nitrogens is 3. The molecule has 0 fully saturated rings. The number of rotatable bonds is 7. The summed E-state index contributed by atoms with van der Waals surface area (Å²) in [5.74, 6) is 0.613. The molecule has 2 rings (SSSR count). The third-order valence-electron chi connectivity index (χ3n) is 3.26. The van der Waals surface area contributed by atoms with Crippen LogP contribution < -0.4 is 4.90 Å². The molecular weight excluding hydrogens is 328 g/mol. The average molecular weight is 348 g/mol. The van der Waals surface area contributed by atoms with E-state index < -0.39 is 0 Å². The van der Waals surface area contributed by atoms with E-state index in [0.717, 1.165) is 17.1 Å². The molecule has 2 aromatic rings. The van der Waals surface area contributed by atoms with E-state index in [1.807, 2.05) is 31.5 Å². The molecule has 0 aliphatic carbocycles. The zero-order chi connectivity index (χ0) is 16.8. The number of carbonyl (C=O) groups excluding carboxylic acids is 1. The van der Waals surface area contributed by atoms with Gasteiger partial charge in [-0.25, -0.2) is 4.68 Å². The highest BCUT2D eigenvalue weighted by Gasteiger charge is 2.24. The number of aryl methyl sites for hydroxylation is 1. The Morgan fingerprint density at radius 2 is 2.39 bits per heavy atom. The van der Waals surface area contributed by atoms with Crippen LogP contribution in [0.5, 0.6) is 0 Å². The van der Waals surface area contributed by atoms with Crippen molar-refractivity contribution in [2.24, 2.45) is 0 Å². The minimum atomic E-state index is -0.355. The Morgan fingerprint density at radius 1 is 1.61 bits per heavy atom. The minimum Gasteiger partial charge on any atom is -0.304 e. The highest BCUT2D eigenvalue weighted by Crippen LogP contribution is 2.23. The van der Waals surface area contributed by atoms with Gasteiger partial charge in [0.25, 0.3) is 0 Å². The van der Waals surface area contributed by atoms with Crippen LogP contribution in [0.3, 0.4) is 0 Å². The summed E-state index contributed by atoms with van der Waals surface area (Å²) in [5.41, 5.74) is 2.38. The van der Waals surface area contributed by atoms with E-state index in [0.29, 0.717) is 12.3 Å². The smallest absolute Gasteiger partial charge is 0.241 e. The van der Waals surface area contributed by atoms with E-state index in [9.17, 15) is 4.79 Å². The van der Waals surface area contributed by atoms with Crippen LogP contribution in [0.2, 0.25) is 0 Å². The molecule has 0 spiro atoms. The van der Waals surface area contributed by atoms with Crippen LogP contribution in [0, 0.1) is 6.92 Å². The van der Waals surface area contributed by atoms with Gasteiger partial charge in [-0.05, 0) is 25.3 Å². The van der Waals surface area contributed by atoms with Crippen molar-refractivity contribution in [2.45, 2.75) is 12.2 Å². The molecule has 0 radical (unpaired) electrons. The van der Waals surface area contributed by atoms with Crippen molar-refractivity contribution in [3.05, 3.63) is 49.1 Å². The molecule has 23 heavy (non-hydrogen) atoms. The van der Waals surface area contributed by atoms with Crippen LogP contribution in [-0.2, 0) is 4.79 Å². The van der Waals surface area contributed by atoms with E-state index in [-0.39, 0.29) is 11.2 Å². The third kappa shape index (κ3) is 4.17. The van der Waals surface area contributed by atoms with Gasteiger partial charge >= 0.3 is 0 Å². The van der Waals surface area contributed by atoms with Crippen molar-refractivity contribution in [1.29, 1.82) is 0 Å². The van der Waals surface area contributed by atoms with Gasteiger partial charge in [-0.15, -0.1) is 6.58 Å². The molecule has 0 saturated heterocycles. The molecule has 0 aliphatic heterocycles. The fourth-order valence-corrected chi connectivity index (χ4v) is 3.23. The summed E-state index contributed by atoms with van der Waals surface area (Å²) >= 11 is 6.01. The van der Waals surface area contributed by atoms with Gasteiger partial charge in [0.05, 0.1) is 34.7 Å². The highest BCUT2D eigenvalue weighted by atomic mass is 32.2. The zero-order valence-electron chi connectivity index (χ0n) is 13.2. The lowest BCUT2D eigenvalue weighted by Gasteiger charge is -2.23. The normalized spacial score (nSPS) is 12.0. The maximum absolute atomic E-state index is 12.7. The Hall–Kier alpha value is -1.73. The largest absolute Gasteiger partial charge is 0.304 e. The van der Waals surface area contributed by atoms with Crippen molar-refractivity contribution in [2.75, 3.05) is 23.5 Å². The second kappa shape index (κ2) is 8.21. The van der Waals surface area contributed by atoms with Crippen molar-refractivity contribution in [1.82, 2.24) is 14.8 Å². The molecule has 1 amide bonds. The molecule has 5 nitrogen and oxygen atoms in total. The van der Waals surface area contributed by atoms with Crippen molar-refractivity contribution in [3.63, 3.8) is 0 Å². The monoisotopic (exact) mass is 348 g/mol. The number of thiol groups is 1. The molecule has 7 heteroatoms. The van der Waals surface area contributed by atoms with Gasteiger partial charge in [-0.1, -0.05) is 6.08 Å². The number of pyridine rings is 1. The van der Waals surface area contributed by atoms with Crippen LogP contribution in [0.25, 0.3) is 5.69 Å². The standard InChI is InChI=1S/C16H20N4OS2/c1-4-8-19(16(21)15(22)11-23-3)14-10-20(18-12(14)2)13-6-5-7-17-9-13/h4-7,9-10,15,22H,1,8,11H2,2-3H3. The molecule has 1 atom stereocenters. The summed E-state index contributed by atoms with van der Waals surface area (Å²) in [6.45, 7) is 6.05. The van der Waals surface area contributed by atoms with Crippen LogP contribution >= 0.6 is 24.4 Å². The fraction of sp³-hybridized carbons (Fsp3) is 0.312. The number of hydrogen-bond acceptors (Lipinski definition) is 5. The van der Waals surface area contributed by atoms with Gasteiger partial charge in [0, 0.05) is 18.5 Å². The summed E-state index contributed by atoms with van der Waals surface area (Å²) in [6.07, 6.45) is 8.94. The maximum Gasteiger partial charge on any atom is 0.241 e. The van der Waals surface area contributed by atoms with Crippen LogP contribution in [-0.4, -0.2) is 44.5 Å². The lowest BCUT2D eigenvalue weighted by molar-refractivity contribution is -0.117. The molecule has 0 aliphatic rings. The quantitative estimate of drug-likeness (QED) is 0.617. The fourth-order valence-electron chi connectivity index (χ4n) is 2.18. The third-order valence-corrected chi connectivity index (χ3v) is 4.58. The molecule has 0 saturated carbocycles. The van der Waals surface area contributed by atoms with Gasteiger partial charge < -0.3 is 4.90 Å². The summed E-state index contributed by atoms with van der Waals surface area (Å²) in [7, 11) is 0. The first kappa shape index (κ1) is 17.6. The van der Waals surface area contributed by atoms with E-state index in [1.54, 1.807) is 39.8 Å². The molecule has 2 aromatic heterocycles. The van der Waals surface area contributed by atoms with Crippen LogP contribution in [0.4, 0.5) is 5.69 Å². The van der Waals surface area contributed by atoms with Gasteiger partial charge in [0.15, 0.2) is 0 Å². The lowest BCUT2D eigenvalue weighted by Crippen LogP contribution is -2.38. The van der Waals surface area contributed by atoms with E-state index >= 15 is 0 Å². The Bertz CT molecular complexity index is 672. The van der Waals surface area contributed by atoms with Gasteiger partial charge in [-0.2, -0.15) is 29.5 Å². The lowest BCUT2D eigenvalue weighted by atomic mass is 10.3. The molecule has 0 aromatic carbocycles. The molecule has 0 bridgehead atoms. The first-order chi connectivity index (χ1) is 11.1. The number of amides is 1. The van der Waals surface area contributed by atoms with Crippen LogP contribution in [0.1, 0.15) is 5.69 Å². The zero-order valence-corrected chi connectivity index (χ0v) is 14.9. The van der Waals surface area contributed by atoms with E-state index in [1.165, 1.54) is 0 Å². The average Bonchev–Trinajstić information content (AvgIpc) is 2.94. The number of nitrogens with zero attached hydrogens (tertiary/aromatic N) is 4. The second-order valence-electron chi connectivity index (χ2n) is 4.96. The predicted molar refractivity (Wildman–Crippen MR) is 99.8 cm³/mol. The highest BCUT2D eigenvalue weighted by molar-refractivity contribution is 7.99. The second-order valence-corrected chi connectivity index (χ2v) is 6.50. The molecular formula is C16H20N4OS2. The molecule has 122 valence electrons. The number of anilines is 1. The first-order valence-electron chi connectivity index (χ1n) is 7.14. The number of hydrogen-bond donors (Lipinski definition) is 1. The van der Waals surface area contributed by atoms with Gasteiger partial charge in [0.1, 0.15) is 0 Å². The predicted octanol–water partition coefficient (Wildman–Crippen LogP) is 2.76. The number of thioether (sulfide) groups is 1. The minimum absolute atomic E-state index is 0.0450. The summed E-state index contributed by atoms with van der Waals surface area (Å²) in [6, 6.07) is 3.76. The Morgan fingerprint density at radius 3 is 3.00 bits per heavy atom. The molecule has 0 N–H and O–H groups in total. The SMILES string of the molecule is C=CCN(C(=O)C(S)CSC)c1cn(-c2cccnc2)nc1C. The van der Waals surface area contributed by atoms with Crippen molar-refractivity contribution in [3.8, 4) is 5.69 Å². The van der Waals surface area contributed by atoms with Crippen molar-refractivity contribution < 1.29 is 4.79 Å². The topological polar surface area (TPSA) is 51.0 Å². The Balaban J connectivity index is 2.34. The Kier molecular flexibility index (Phi) is 6.29. The molecule has 1 unspecified atom stereocenters. The van der Waals surface area contributed by atoms with Gasteiger partial charge in [-0.3, -0.25) is 9.78 Å². The summed E-state index contributed by atoms with van der Waals surface area (Å²) in [5, 5.41) is 4.13. The molecule has 2 heterocycles. The number of carbonyl (C=O) groups is 1. The Labute approximate surface area is 146 Å². The summed E-state index contributed by atoms with van der Waals surface area (Å²) < 4.78 is 1.73. The van der Waals surface area contributed by atoms with Gasteiger partial charge in [0.2, 0.25) is 5.91 Å². The van der Waals surface area contributed by atoms with Crippen LogP contribution in [0.15, 0.2) is 43.4 Å².